The molecular formula is C20H20F3N5O3. The number of halogens is 3. The van der Waals surface area contributed by atoms with Crippen molar-refractivity contribution >= 4 is 5.91 Å². The number of rotatable bonds is 4. The predicted molar refractivity (Wildman–Crippen MR) is 102 cm³/mol. The minimum Gasteiger partial charge on any atom is -0.365 e. The predicted octanol–water partition coefficient (Wildman–Crippen LogP) is 3.49. The van der Waals surface area contributed by atoms with Crippen molar-refractivity contribution in [2.75, 3.05) is 19.7 Å². The van der Waals surface area contributed by atoms with Crippen molar-refractivity contribution in [3.05, 3.63) is 53.2 Å². The molecule has 164 valence electrons. The molecule has 1 aromatic carbocycles. The van der Waals surface area contributed by atoms with E-state index in [2.05, 4.69) is 15.2 Å². The van der Waals surface area contributed by atoms with Crippen molar-refractivity contribution in [2.45, 2.75) is 32.7 Å². The maximum Gasteiger partial charge on any atom is 0.416 e. The Kier molecular flexibility index (Phi) is 5.52. The first-order valence-electron chi connectivity index (χ1n) is 9.72. The molecular weight excluding hydrogens is 415 g/mol. The van der Waals surface area contributed by atoms with Gasteiger partial charge in [0.05, 0.1) is 30.0 Å². The zero-order chi connectivity index (χ0) is 22.2. The highest BCUT2D eigenvalue weighted by molar-refractivity contribution is 5.95. The molecule has 0 saturated carbocycles. The van der Waals surface area contributed by atoms with E-state index in [1.165, 1.54) is 12.1 Å². The van der Waals surface area contributed by atoms with E-state index < -0.39 is 17.8 Å². The van der Waals surface area contributed by atoms with E-state index in [9.17, 15) is 18.0 Å². The van der Waals surface area contributed by atoms with E-state index in [1.54, 1.807) is 22.7 Å². The van der Waals surface area contributed by atoms with Gasteiger partial charge in [-0.2, -0.15) is 23.3 Å². The van der Waals surface area contributed by atoms with Crippen LogP contribution in [0.1, 0.15) is 40.5 Å². The molecule has 11 heteroatoms. The lowest BCUT2D eigenvalue weighted by Crippen LogP contribution is -2.42. The Balaban J connectivity index is 1.51. The lowest BCUT2D eigenvalue weighted by molar-refractivity contribution is -0.137. The van der Waals surface area contributed by atoms with Gasteiger partial charge in [0.1, 0.15) is 0 Å². The lowest BCUT2D eigenvalue weighted by atomic mass is 10.1. The lowest BCUT2D eigenvalue weighted by Gasteiger charge is -2.31. The number of hydrogen-bond acceptors (Lipinski definition) is 6. The Morgan fingerprint density at radius 1 is 1.32 bits per heavy atom. The van der Waals surface area contributed by atoms with Gasteiger partial charge in [0.25, 0.3) is 11.8 Å². The molecule has 0 spiro atoms. The Morgan fingerprint density at radius 3 is 2.84 bits per heavy atom. The fourth-order valence-corrected chi connectivity index (χ4v) is 3.36. The van der Waals surface area contributed by atoms with Crippen LogP contribution in [0.4, 0.5) is 13.2 Å². The summed E-state index contributed by atoms with van der Waals surface area (Å²) in [4.78, 5) is 18.8. The first kappa shape index (κ1) is 21.0. The molecule has 8 nitrogen and oxygen atoms in total. The summed E-state index contributed by atoms with van der Waals surface area (Å²) in [6.45, 7) is 5.19. The van der Waals surface area contributed by atoms with Crippen LogP contribution in [0.3, 0.4) is 0 Å². The number of carbonyl (C=O) groups excluding carboxylic acids is 1. The molecule has 3 aromatic rings. The SMILES string of the molecule is CCn1cc(C(=O)N2CCO[C@H](c3nc(-c4cccc(C(F)(F)F)c4)no3)C2)c(C)n1. The van der Waals surface area contributed by atoms with E-state index in [0.717, 1.165) is 12.1 Å². The van der Waals surface area contributed by atoms with Gasteiger partial charge in [0.2, 0.25) is 5.82 Å². The number of aryl methyl sites for hydroxylation is 2. The number of alkyl halides is 3. The molecule has 4 rings (SSSR count). The van der Waals surface area contributed by atoms with Crippen LogP contribution in [0.5, 0.6) is 0 Å². The smallest absolute Gasteiger partial charge is 0.365 e. The Hall–Kier alpha value is -3.21. The third-order valence-corrected chi connectivity index (χ3v) is 5.02. The second kappa shape index (κ2) is 8.14. The average Bonchev–Trinajstić information content (AvgIpc) is 3.40. The van der Waals surface area contributed by atoms with Crippen molar-refractivity contribution in [2.24, 2.45) is 0 Å². The molecule has 3 heterocycles. The van der Waals surface area contributed by atoms with E-state index in [1.807, 2.05) is 6.92 Å². The summed E-state index contributed by atoms with van der Waals surface area (Å²) in [6.07, 6.45) is -3.44. The molecule has 1 saturated heterocycles. The van der Waals surface area contributed by atoms with Crippen LogP contribution >= 0.6 is 0 Å². The molecule has 1 fully saturated rings. The van der Waals surface area contributed by atoms with Gasteiger partial charge < -0.3 is 14.2 Å². The van der Waals surface area contributed by atoms with Crippen molar-refractivity contribution in [3.63, 3.8) is 0 Å². The Morgan fingerprint density at radius 2 is 2.13 bits per heavy atom. The second-order valence-corrected chi connectivity index (χ2v) is 7.13. The highest BCUT2D eigenvalue weighted by Gasteiger charge is 2.33. The first-order chi connectivity index (χ1) is 14.8. The molecule has 0 N–H and O–H groups in total. The first-order valence-corrected chi connectivity index (χ1v) is 9.72. The number of carbonyl (C=O) groups is 1. The third kappa shape index (κ3) is 4.31. The summed E-state index contributed by atoms with van der Waals surface area (Å²) in [5, 5.41) is 8.09. The molecule has 2 aromatic heterocycles. The normalized spacial score (nSPS) is 17.2. The van der Waals surface area contributed by atoms with E-state index in [-0.39, 0.29) is 36.3 Å². The number of hydrogen-bond donors (Lipinski definition) is 0. The maximum absolute atomic E-state index is 13.0. The second-order valence-electron chi connectivity index (χ2n) is 7.13. The monoisotopic (exact) mass is 435 g/mol. The van der Waals surface area contributed by atoms with E-state index >= 15 is 0 Å². The number of benzene rings is 1. The quantitative estimate of drug-likeness (QED) is 0.624. The van der Waals surface area contributed by atoms with Gasteiger partial charge in [-0.3, -0.25) is 9.48 Å². The summed E-state index contributed by atoms with van der Waals surface area (Å²) < 4.78 is 51.5. The fraction of sp³-hybridized carbons (Fsp3) is 0.400. The summed E-state index contributed by atoms with van der Waals surface area (Å²) in [5.74, 6) is -0.0535. The number of morpholine rings is 1. The molecule has 0 aliphatic carbocycles. The van der Waals surface area contributed by atoms with Crippen LogP contribution in [0.25, 0.3) is 11.4 Å². The van der Waals surface area contributed by atoms with Crippen LogP contribution in [0, 0.1) is 6.92 Å². The van der Waals surface area contributed by atoms with Gasteiger partial charge in [-0.1, -0.05) is 17.3 Å². The number of nitrogens with zero attached hydrogens (tertiary/aromatic N) is 5. The standard InChI is InChI=1S/C20H20F3N5O3/c1-3-28-10-15(12(2)25-28)19(29)27-7-8-30-16(11-27)18-24-17(26-31-18)13-5-4-6-14(9-13)20(21,22)23/h4-6,9-10,16H,3,7-8,11H2,1-2H3/t16-/m0/s1. The minimum atomic E-state index is -4.47. The fourth-order valence-electron chi connectivity index (χ4n) is 3.36. The molecule has 1 amide bonds. The van der Waals surface area contributed by atoms with Crippen LogP contribution in [-0.4, -0.2) is 50.4 Å². The summed E-state index contributed by atoms with van der Waals surface area (Å²) >= 11 is 0. The van der Waals surface area contributed by atoms with Gasteiger partial charge >= 0.3 is 6.18 Å². The highest BCUT2D eigenvalue weighted by atomic mass is 19.4. The largest absolute Gasteiger partial charge is 0.416 e. The molecule has 1 atom stereocenters. The van der Waals surface area contributed by atoms with Crippen molar-refractivity contribution in [1.29, 1.82) is 0 Å². The van der Waals surface area contributed by atoms with Crippen molar-refractivity contribution in [1.82, 2.24) is 24.8 Å². The number of amides is 1. The molecule has 0 radical (unpaired) electrons. The number of ether oxygens (including phenoxy) is 1. The maximum atomic E-state index is 13.0. The van der Waals surface area contributed by atoms with E-state index in [0.29, 0.717) is 24.3 Å². The molecule has 0 unspecified atom stereocenters. The topological polar surface area (TPSA) is 86.3 Å². The zero-order valence-electron chi connectivity index (χ0n) is 16.9. The average molecular weight is 435 g/mol. The van der Waals surface area contributed by atoms with Gasteiger partial charge in [-0.25, -0.2) is 0 Å². The van der Waals surface area contributed by atoms with Crippen molar-refractivity contribution < 1.29 is 27.2 Å². The van der Waals surface area contributed by atoms with Crippen LogP contribution in [0.15, 0.2) is 35.0 Å². The summed E-state index contributed by atoms with van der Waals surface area (Å²) in [6, 6.07) is 4.68. The molecule has 1 aliphatic heterocycles. The van der Waals surface area contributed by atoms with Gasteiger partial charge in [0, 0.05) is 24.8 Å². The Bertz CT molecular complexity index is 1090. The zero-order valence-corrected chi connectivity index (χ0v) is 16.9. The Labute approximate surface area is 175 Å². The van der Waals surface area contributed by atoms with Crippen LogP contribution < -0.4 is 0 Å². The number of aromatic nitrogens is 4. The van der Waals surface area contributed by atoms with Crippen molar-refractivity contribution in [3.8, 4) is 11.4 Å². The van der Waals surface area contributed by atoms with Crippen LogP contribution in [0.2, 0.25) is 0 Å². The van der Waals surface area contributed by atoms with Gasteiger partial charge in [-0.15, -0.1) is 0 Å². The minimum absolute atomic E-state index is 0.0215. The third-order valence-electron chi connectivity index (χ3n) is 5.02. The molecule has 31 heavy (non-hydrogen) atoms. The summed E-state index contributed by atoms with van der Waals surface area (Å²) in [5.41, 5.74) is 0.526. The van der Waals surface area contributed by atoms with Gasteiger partial charge in [-0.05, 0) is 26.0 Å². The molecule has 0 bridgehead atoms. The van der Waals surface area contributed by atoms with E-state index in [4.69, 9.17) is 9.26 Å². The highest BCUT2D eigenvalue weighted by Crippen LogP contribution is 2.32. The molecule has 1 aliphatic rings. The summed E-state index contributed by atoms with van der Waals surface area (Å²) in [7, 11) is 0. The van der Waals surface area contributed by atoms with Gasteiger partial charge in [0.15, 0.2) is 6.10 Å². The van der Waals surface area contributed by atoms with Crippen LogP contribution in [-0.2, 0) is 17.5 Å².